The first-order valence-electron chi connectivity index (χ1n) is 6.17. The summed E-state index contributed by atoms with van der Waals surface area (Å²) >= 11 is 3.15. The van der Waals surface area contributed by atoms with Gasteiger partial charge < -0.3 is 10.7 Å². The van der Waals surface area contributed by atoms with Crippen molar-refractivity contribution in [1.29, 1.82) is 0 Å². The van der Waals surface area contributed by atoms with Crippen molar-refractivity contribution >= 4 is 37.7 Å². The Morgan fingerprint density at radius 1 is 1.48 bits per heavy atom. The third kappa shape index (κ3) is 5.58. The Kier molecular flexibility index (Phi) is 6.52. The van der Waals surface area contributed by atoms with Crippen molar-refractivity contribution < 1.29 is 13.2 Å². The lowest BCUT2D eigenvalue weighted by atomic mass is 10.3. The molecule has 118 valence electrons. The molecule has 0 atom stereocenters. The van der Waals surface area contributed by atoms with E-state index in [1.54, 1.807) is 0 Å². The van der Waals surface area contributed by atoms with E-state index in [4.69, 9.17) is 5.84 Å². The van der Waals surface area contributed by atoms with Crippen LogP contribution in [0.2, 0.25) is 0 Å². The summed E-state index contributed by atoms with van der Waals surface area (Å²) in [5.74, 6) is 5.05. The normalized spacial score (nSPS) is 11.5. The van der Waals surface area contributed by atoms with Crippen molar-refractivity contribution in [1.82, 2.24) is 15.0 Å². The van der Waals surface area contributed by atoms with Crippen molar-refractivity contribution in [3.63, 3.8) is 0 Å². The largest absolute Gasteiger partial charge is 0.354 e. The van der Waals surface area contributed by atoms with Crippen LogP contribution in [0.15, 0.2) is 21.6 Å². The van der Waals surface area contributed by atoms with Gasteiger partial charge in [0.25, 0.3) is 0 Å². The van der Waals surface area contributed by atoms with Crippen LogP contribution in [0.1, 0.15) is 20.3 Å². The third-order valence-corrected chi connectivity index (χ3v) is 4.25. The fourth-order valence-electron chi connectivity index (χ4n) is 1.50. The highest BCUT2D eigenvalue weighted by atomic mass is 79.9. The van der Waals surface area contributed by atoms with Crippen LogP contribution in [-0.4, -0.2) is 31.9 Å². The zero-order valence-corrected chi connectivity index (χ0v) is 14.1. The number of nitrogens with two attached hydrogens (primary N) is 1. The molecule has 0 aliphatic carbocycles. The number of nitrogen functional groups attached to an aromatic ring is 1. The number of carbonyl (C=O) groups excluding carboxylic acids is 1. The molecular formula is C11H18BrN5O3S. The molecule has 0 saturated heterocycles. The van der Waals surface area contributed by atoms with E-state index in [-0.39, 0.29) is 35.6 Å². The molecule has 1 heterocycles. The molecule has 1 amide bonds. The summed E-state index contributed by atoms with van der Waals surface area (Å²) in [5.41, 5.74) is 2.22. The highest BCUT2D eigenvalue weighted by Crippen LogP contribution is 2.21. The van der Waals surface area contributed by atoms with Gasteiger partial charge in [-0.25, -0.2) is 24.0 Å². The van der Waals surface area contributed by atoms with Crippen LogP contribution in [0.4, 0.5) is 5.82 Å². The first-order chi connectivity index (χ1) is 9.76. The van der Waals surface area contributed by atoms with E-state index in [1.807, 2.05) is 13.8 Å². The van der Waals surface area contributed by atoms with E-state index in [0.717, 1.165) is 0 Å². The van der Waals surface area contributed by atoms with Crippen LogP contribution in [-0.2, 0) is 14.8 Å². The van der Waals surface area contributed by atoms with Crippen LogP contribution >= 0.6 is 15.9 Å². The Morgan fingerprint density at radius 2 is 2.14 bits per heavy atom. The number of nitrogens with zero attached hydrogens (tertiary/aromatic N) is 1. The van der Waals surface area contributed by atoms with Gasteiger partial charge in [-0.1, -0.05) is 0 Å². The molecule has 0 bridgehead atoms. The van der Waals surface area contributed by atoms with Crippen LogP contribution < -0.4 is 21.3 Å². The minimum atomic E-state index is -3.81. The molecule has 5 N–H and O–H groups in total. The number of hydrazine groups is 1. The second kappa shape index (κ2) is 7.69. The topological polar surface area (TPSA) is 126 Å². The van der Waals surface area contributed by atoms with E-state index in [9.17, 15) is 13.2 Å². The second-order valence-corrected chi connectivity index (χ2v) is 7.17. The minimum absolute atomic E-state index is 0.0106. The van der Waals surface area contributed by atoms with Gasteiger partial charge >= 0.3 is 0 Å². The fourth-order valence-corrected chi connectivity index (χ4v) is 3.16. The molecule has 1 aromatic rings. The fraction of sp³-hybridized carbons (Fsp3) is 0.455. The van der Waals surface area contributed by atoms with E-state index in [2.05, 4.69) is 36.4 Å². The molecular weight excluding hydrogens is 362 g/mol. The Hall–Kier alpha value is -1.23. The number of rotatable bonds is 7. The Labute approximate surface area is 132 Å². The molecule has 0 unspecified atom stereocenters. The minimum Gasteiger partial charge on any atom is -0.354 e. The van der Waals surface area contributed by atoms with Gasteiger partial charge in [-0.15, -0.1) is 0 Å². The summed E-state index contributed by atoms with van der Waals surface area (Å²) in [4.78, 5) is 15.2. The van der Waals surface area contributed by atoms with Crippen molar-refractivity contribution in [2.75, 3.05) is 12.0 Å². The lowest BCUT2D eigenvalue weighted by Crippen LogP contribution is -2.34. The zero-order valence-electron chi connectivity index (χ0n) is 11.7. The number of anilines is 1. The predicted octanol–water partition coefficient (Wildman–Crippen LogP) is 0.323. The number of pyridine rings is 1. The molecule has 21 heavy (non-hydrogen) atoms. The number of hydrogen-bond acceptors (Lipinski definition) is 6. The first-order valence-corrected chi connectivity index (χ1v) is 8.45. The summed E-state index contributed by atoms with van der Waals surface area (Å²) in [5, 5.41) is 2.67. The Bertz CT molecular complexity index is 606. The van der Waals surface area contributed by atoms with E-state index >= 15 is 0 Å². The maximum absolute atomic E-state index is 12.2. The molecule has 0 saturated carbocycles. The van der Waals surface area contributed by atoms with Gasteiger partial charge in [0.15, 0.2) is 5.82 Å². The molecule has 8 nitrogen and oxygen atoms in total. The number of aromatic nitrogens is 1. The average molecular weight is 380 g/mol. The number of hydrogen-bond donors (Lipinski definition) is 4. The lowest BCUT2D eigenvalue weighted by Gasteiger charge is -2.11. The molecule has 10 heteroatoms. The Morgan fingerprint density at radius 3 is 2.71 bits per heavy atom. The average Bonchev–Trinajstić information content (AvgIpc) is 2.37. The standard InChI is InChI=1S/C11H18BrN5O3S/c1-7(2)16-10(18)3-4-15-21(19,20)9-5-8(12)6-14-11(9)17-13/h5-7,15H,3-4,13H2,1-2H3,(H,14,17)(H,16,18). The summed E-state index contributed by atoms with van der Waals surface area (Å²) < 4.78 is 27.2. The quantitative estimate of drug-likeness (QED) is 0.399. The molecule has 0 aliphatic rings. The molecule has 0 fully saturated rings. The van der Waals surface area contributed by atoms with Crippen LogP contribution in [0.5, 0.6) is 0 Å². The molecule has 1 rings (SSSR count). The SMILES string of the molecule is CC(C)NC(=O)CCNS(=O)(=O)c1cc(Br)cnc1NN. The van der Waals surface area contributed by atoms with Crippen LogP contribution in [0, 0.1) is 0 Å². The number of carbonyl (C=O) groups is 1. The molecule has 0 aliphatic heterocycles. The smallest absolute Gasteiger partial charge is 0.244 e. The zero-order chi connectivity index (χ0) is 16.0. The van der Waals surface area contributed by atoms with Gasteiger partial charge in [0, 0.05) is 29.7 Å². The Balaban J connectivity index is 2.74. The van der Waals surface area contributed by atoms with Crippen molar-refractivity contribution in [3.8, 4) is 0 Å². The maximum atomic E-state index is 12.2. The first kappa shape index (κ1) is 17.8. The third-order valence-electron chi connectivity index (χ3n) is 2.34. The van der Waals surface area contributed by atoms with Gasteiger partial charge in [-0.2, -0.15) is 0 Å². The molecule has 0 spiro atoms. The molecule has 0 aromatic carbocycles. The summed E-state index contributed by atoms with van der Waals surface area (Å²) in [6, 6.07) is 1.38. The van der Waals surface area contributed by atoms with Crippen molar-refractivity contribution in [2.45, 2.75) is 31.2 Å². The van der Waals surface area contributed by atoms with E-state index in [0.29, 0.717) is 4.47 Å². The monoisotopic (exact) mass is 379 g/mol. The van der Waals surface area contributed by atoms with Gasteiger partial charge in [-0.3, -0.25) is 4.79 Å². The predicted molar refractivity (Wildman–Crippen MR) is 82.8 cm³/mol. The van der Waals surface area contributed by atoms with Crippen LogP contribution in [0.25, 0.3) is 0 Å². The highest BCUT2D eigenvalue weighted by Gasteiger charge is 2.20. The van der Waals surface area contributed by atoms with Crippen molar-refractivity contribution in [3.05, 3.63) is 16.7 Å². The van der Waals surface area contributed by atoms with E-state index in [1.165, 1.54) is 12.3 Å². The molecule has 1 aromatic heterocycles. The number of amides is 1. The summed E-state index contributed by atoms with van der Waals surface area (Å²) in [6.07, 6.45) is 1.47. The van der Waals surface area contributed by atoms with Gasteiger partial charge in [0.1, 0.15) is 4.90 Å². The van der Waals surface area contributed by atoms with Gasteiger partial charge in [-0.05, 0) is 35.8 Å². The van der Waals surface area contributed by atoms with E-state index < -0.39 is 10.0 Å². The number of sulfonamides is 1. The van der Waals surface area contributed by atoms with Crippen molar-refractivity contribution in [2.24, 2.45) is 5.84 Å². The lowest BCUT2D eigenvalue weighted by molar-refractivity contribution is -0.121. The number of halogens is 1. The summed E-state index contributed by atoms with van der Waals surface area (Å²) in [7, 11) is -3.81. The maximum Gasteiger partial charge on any atom is 0.244 e. The molecule has 0 radical (unpaired) electrons. The second-order valence-electron chi connectivity index (χ2n) is 4.51. The number of nitrogens with one attached hydrogen (secondary N) is 3. The summed E-state index contributed by atoms with van der Waals surface area (Å²) in [6.45, 7) is 3.64. The van der Waals surface area contributed by atoms with Gasteiger partial charge in [0.2, 0.25) is 15.9 Å². The van der Waals surface area contributed by atoms with Gasteiger partial charge in [0.05, 0.1) is 0 Å². The highest BCUT2D eigenvalue weighted by molar-refractivity contribution is 9.10. The van der Waals surface area contributed by atoms with Crippen LogP contribution in [0.3, 0.4) is 0 Å².